The zero-order chi connectivity index (χ0) is 68.2. The number of esters is 2. The van der Waals surface area contributed by atoms with Crippen LogP contribution in [0.15, 0.2) is 56.9 Å². The number of thiazole rings is 5. The number of aliphatic hydroxyl groups excluding tert-OH is 2. The van der Waals surface area contributed by atoms with E-state index >= 15 is 14.4 Å². The number of benzene rings is 1. The molecule has 11 heterocycles. The van der Waals surface area contributed by atoms with Gasteiger partial charge in [0.05, 0.1) is 49.7 Å². The zero-order valence-corrected chi connectivity index (χ0v) is 55.9. The van der Waals surface area contributed by atoms with Crippen molar-refractivity contribution in [1.29, 1.82) is 0 Å². The summed E-state index contributed by atoms with van der Waals surface area (Å²) in [5.74, 6) is -6.88. The SMILES string of the molecule is CO/C(C)=C1\NC(=O)C(C(C)O)NC(=O)c2csc(n2)-c2cc(O)c(-c3nc(C(=O)NCCO)cs3)nc2-c2csc(n2)C2COC(=O)c3c4c5c(cccc5n3O)COC(=O)C(OC3CC(C)(O)C(N(C)C)C(C)O3)C(OC4)C(NC(=O)c3csc1n3)c1nc(cs1)C(=O)N2. The van der Waals surface area contributed by atoms with E-state index in [9.17, 15) is 44.8 Å². The number of nitrogens with one attached hydrogen (secondary N) is 5. The van der Waals surface area contributed by atoms with E-state index in [2.05, 4.69) is 41.5 Å². The lowest BCUT2D eigenvalue weighted by Gasteiger charge is -2.48. The predicted octanol–water partition coefficient (Wildman–Crippen LogP) is 3.88. The summed E-state index contributed by atoms with van der Waals surface area (Å²) in [6.07, 6.45) is -7.50. The Kier molecular flexibility index (Phi) is 19.2. The van der Waals surface area contributed by atoms with Crippen molar-refractivity contribution in [2.24, 2.45) is 0 Å². The number of aliphatic hydroxyl groups is 3. The number of likely N-dealkylation sites (N-methyl/N-ethyl adjacent to an activating group) is 1. The van der Waals surface area contributed by atoms with Crippen LogP contribution in [-0.4, -0.2) is 196 Å². The van der Waals surface area contributed by atoms with Gasteiger partial charge in [0.25, 0.3) is 23.6 Å². The molecule has 4 aliphatic heterocycles. The third-order valence-corrected chi connectivity index (χ3v) is 20.6. The molecule has 12 bridgehead atoms. The molecule has 36 heteroatoms. The maximum Gasteiger partial charge on any atom is 0.358 e. The average molecular weight is 1410 g/mol. The predicted molar refractivity (Wildman–Crippen MR) is 344 cm³/mol. The van der Waals surface area contributed by atoms with Gasteiger partial charge < -0.3 is 85.5 Å². The number of allylic oxidation sites excluding steroid dienone is 1. The molecule has 1 saturated heterocycles. The molecule has 10 atom stereocenters. The molecule has 8 aromatic rings. The quantitative estimate of drug-likeness (QED) is 0.0557. The molecule has 0 spiro atoms. The molecule has 4 aliphatic rings. The molecule has 7 aromatic heterocycles. The Labute approximate surface area is 564 Å². The second-order valence-electron chi connectivity index (χ2n) is 23.0. The molecular weight excluding hydrogens is 1350 g/mol. The van der Waals surface area contributed by atoms with Gasteiger partial charge in [-0.3, -0.25) is 24.0 Å². The maximum atomic E-state index is 15.2. The minimum atomic E-state index is -1.91. The second kappa shape index (κ2) is 27.4. The van der Waals surface area contributed by atoms with Crippen molar-refractivity contribution in [3.8, 4) is 38.4 Å². The number of amides is 5. The topological polar surface area (TPSA) is 422 Å². The summed E-state index contributed by atoms with van der Waals surface area (Å²) in [5, 5.41) is 77.3. The van der Waals surface area contributed by atoms with Gasteiger partial charge in [0.2, 0.25) is 5.91 Å². The molecule has 1 fully saturated rings. The van der Waals surface area contributed by atoms with E-state index in [1.807, 2.05) is 0 Å². The van der Waals surface area contributed by atoms with Crippen molar-refractivity contribution in [1.82, 2.24) is 66.1 Å². The molecule has 0 radical (unpaired) electrons. The lowest BCUT2D eigenvalue weighted by molar-refractivity contribution is -0.280. The number of carbonyl (C=O) groups is 7. The number of ether oxygens (including phenoxy) is 6. The van der Waals surface area contributed by atoms with Crippen molar-refractivity contribution < 1.29 is 87.6 Å². The Morgan fingerprint density at radius 3 is 2.26 bits per heavy atom. The van der Waals surface area contributed by atoms with Crippen LogP contribution >= 0.6 is 56.7 Å². The number of cyclic esters (lactones) is 2. The highest BCUT2D eigenvalue weighted by atomic mass is 32.1. The van der Waals surface area contributed by atoms with E-state index < -0.39 is 133 Å². The van der Waals surface area contributed by atoms with Gasteiger partial charge >= 0.3 is 11.9 Å². The number of nitrogens with zero attached hydrogens (tertiary/aromatic N) is 8. The van der Waals surface area contributed by atoms with Crippen molar-refractivity contribution in [2.45, 2.75) is 108 Å². The van der Waals surface area contributed by atoms with Crippen LogP contribution in [-0.2, 0) is 51.2 Å². The van der Waals surface area contributed by atoms with E-state index in [1.165, 1.54) is 54.6 Å². The van der Waals surface area contributed by atoms with Gasteiger partial charge in [-0.05, 0) is 59.5 Å². The normalized spacial score (nSPS) is 24.4. The van der Waals surface area contributed by atoms with Crippen molar-refractivity contribution >= 4 is 115 Å². The number of rotatable bonds is 9. The number of carbonyl (C=O) groups excluding carboxylic acids is 7. The number of hydrogen-bond donors (Lipinski definition) is 10. The highest BCUT2D eigenvalue weighted by Crippen LogP contribution is 2.43. The highest BCUT2D eigenvalue weighted by Gasteiger charge is 2.50. The largest absolute Gasteiger partial charge is 0.506 e. The van der Waals surface area contributed by atoms with Gasteiger partial charge in [0, 0.05) is 56.4 Å². The summed E-state index contributed by atoms with van der Waals surface area (Å²) >= 11 is 4.61. The summed E-state index contributed by atoms with van der Waals surface area (Å²) in [7, 11) is 4.85. The molecule has 96 heavy (non-hydrogen) atoms. The minimum Gasteiger partial charge on any atom is -0.506 e. The van der Waals surface area contributed by atoms with Crippen LogP contribution in [0.3, 0.4) is 0 Å². The fraction of sp³-hybridized carbons (Fsp3) is 0.383. The number of hydrogen-bond acceptors (Lipinski definition) is 30. The van der Waals surface area contributed by atoms with Gasteiger partial charge in [-0.25, -0.2) is 39.5 Å². The molecule has 10 unspecified atom stereocenters. The number of pyridine rings is 1. The van der Waals surface area contributed by atoms with E-state index in [-0.39, 0.29) is 118 Å². The number of fused-ring (bicyclic) bond motifs is 15. The Hall–Kier alpha value is -8.79. The molecule has 12 rings (SSSR count). The first kappa shape index (κ1) is 67.2. The molecule has 0 saturated carbocycles. The van der Waals surface area contributed by atoms with Crippen LogP contribution in [0, 0.1) is 0 Å². The standard InChI is InChI=1S/C60H61N13O18S5/c1-23(75)39-52(81)70-40(24(2)86-7)55-66-34(22-94-55)51(80)71-43-45-46(91-37-14-60(4,84)47(72(5)6)25(3)90-37)59(83)88-15-26-9-8-10-35-38(26)28(16-87-45)44(73(35)85)58(82)89-17-29(62-49(78)32-21-96-57(43)67-32)54-63-30(18-93-54)41-27(53-64-33(20-92-53)50(79)69-39)13-36(76)42(68-41)56-65-31(19-95-56)48(77)61-11-12-74/h8-10,13,18-23,25,29,37,39,43,45-47,74-76,84-85H,11-12,14-17H2,1-7H3,(H,61,77)(H,62,78)(H,69,79)(H,70,81)(H,71,80)/b40-24-. The molecule has 1 aromatic carbocycles. The number of methoxy groups -OCH3 is 1. The first-order valence-corrected chi connectivity index (χ1v) is 33.9. The average Bonchev–Trinajstić information content (AvgIpc) is 1.56. The smallest absolute Gasteiger partial charge is 0.358 e. The van der Waals surface area contributed by atoms with E-state index in [1.54, 1.807) is 50.4 Å². The van der Waals surface area contributed by atoms with Crippen LogP contribution in [0.1, 0.15) is 125 Å². The molecule has 5 amide bonds. The van der Waals surface area contributed by atoms with Crippen LogP contribution in [0.4, 0.5) is 0 Å². The fourth-order valence-electron chi connectivity index (χ4n) is 11.7. The van der Waals surface area contributed by atoms with Gasteiger partial charge in [-0.15, -0.1) is 56.7 Å². The maximum absolute atomic E-state index is 15.2. The lowest BCUT2D eigenvalue weighted by atomic mass is 9.85. The summed E-state index contributed by atoms with van der Waals surface area (Å²) < 4.78 is 38.2. The second-order valence-corrected chi connectivity index (χ2v) is 27.4. The fourth-order valence-corrected chi connectivity index (χ4v) is 15.9. The summed E-state index contributed by atoms with van der Waals surface area (Å²) in [6, 6.07) is 0.758. The Balaban J connectivity index is 1.04. The summed E-state index contributed by atoms with van der Waals surface area (Å²) in [4.78, 5) is 132. The third kappa shape index (κ3) is 13.2. The molecular formula is C60H61N13O18S5. The molecule has 31 nitrogen and oxygen atoms in total. The number of aromatic nitrogens is 7. The van der Waals surface area contributed by atoms with Crippen LogP contribution in [0.2, 0.25) is 0 Å². The van der Waals surface area contributed by atoms with Crippen LogP contribution in [0.5, 0.6) is 5.75 Å². The van der Waals surface area contributed by atoms with Crippen molar-refractivity contribution in [3.63, 3.8) is 0 Å². The van der Waals surface area contributed by atoms with Gasteiger partial charge in [0.1, 0.15) is 120 Å². The number of aromatic hydroxyl groups is 1. The Morgan fingerprint density at radius 1 is 0.854 bits per heavy atom. The zero-order valence-electron chi connectivity index (χ0n) is 51.8. The first-order chi connectivity index (χ1) is 45.9. The van der Waals surface area contributed by atoms with Crippen molar-refractivity contribution in [3.05, 3.63) is 112 Å². The van der Waals surface area contributed by atoms with Gasteiger partial charge in [-0.2, -0.15) is 4.73 Å². The molecule has 10 N–H and O–H groups in total. The third-order valence-electron chi connectivity index (χ3n) is 16.2. The van der Waals surface area contributed by atoms with Crippen LogP contribution < -0.4 is 26.6 Å². The van der Waals surface area contributed by atoms with E-state index in [0.717, 1.165) is 56.7 Å². The molecule has 504 valence electrons. The Morgan fingerprint density at radius 2 is 1.53 bits per heavy atom. The lowest BCUT2D eigenvalue weighted by Crippen LogP contribution is -2.62. The Bertz CT molecular complexity index is 4420. The minimum absolute atomic E-state index is 0.00898. The van der Waals surface area contributed by atoms with E-state index in [0.29, 0.717) is 10.3 Å². The van der Waals surface area contributed by atoms with Crippen molar-refractivity contribution in [2.75, 3.05) is 41.0 Å². The molecule has 0 aliphatic carbocycles. The van der Waals surface area contributed by atoms with Gasteiger partial charge in [0.15, 0.2) is 18.1 Å². The van der Waals surface area contributed by atoms with E-state index in [4.69, 9.17) is 43.4 Å². The van der Waals surface area contributed by atoms with Crippen LogP contribution in [0.25, 0.3) is 49.3 Å². The first-order valence-electron chi connectivity index (χ1n) is 29.5. The summed E-state index contributed by atoms with van der Waals surface area (Å²) in [5.41, 5.74) is -2.41. The van der Waals surface area contributed by atoms with Gasteiger partial charge in [-0.1, -0.05) is 12.1 Å². The summed E-state index contributed by atoms with van der Waals surface area (Å²) in [6.45, 7) is 3.90. The monoisotopic (exact) mass is 1410 g/mol. The highest BCUT2D eigenvalue weighted by molar-refractivity contribution is 7.14.